The molecule has 0 aliphatic rings. The average molecular weight is 260 g/mol. The number of carboxylic acid groups (broad SMARTS) is 2. The summed E-state index contributed by atoms with van der Waals surface area (Å²) >= 11 is 0. The maximum atomic E-state index is 11.3. The van der Waals surface area contributed by atoms with E-state index >= 15 is 0 Å². The van der Waals surface area contributed by atoms with Crippen molar-refractivity contribution in [2.24, 2.45) is 0 Å². The van der Waals surface area contributed by atoms with Crippen LogP contribution in [0.5, 0.6) is 0 Å². The Morgan fingerprint density at radius 1 is 1.06 bits per heavy atom. The van der Waals surface area contributed by atoms with E-state index < -0.39 is 35.8 Å². The van der Waals surface area contributed by atoms with Crippen LogP contribution in [0.4, 0.5) is 0 Å². The summed E-state index contributed by atoms with van der Waals surface area (Å²) in [5, 5.41) is 21.7. The van der Waals surface area contributed by atoms with Gasteiger partial charge in [-0.25, -0.2) is 4.79 Å². The van der Waals surface area contributed by atoms with Crippen molar-refractivity contribution in [2.75, 3.05) is 0 Å². The van der Waals surface area contributed by atoms with Crippen LogP contribution < -0.4 is 10.6 Å². The predicted octanol–water partition coefficient (Wildman–Crippen LogP) is -1.05. The summed E-state index contributed by atoms with van der Waals surface area (Å²) in [6.07, 6.45) is -0.290. The fourth-order valence-corrected chi connectivity index (χ4v) is 1.15. The summed E-state index contributed by atoms with van der Waals surface area (Å²) in [6, 6.07) is -2.20. The standard InChI is InChI=1S/C10H16N2O6/c1-5(9(15)16)11-8(14)4-3-7(10(17)18)12-6(2)13/h5,7H,3-4H2,1-2H3,(H,11,14)(H,12,13)(H,15,16)(H,17,18)/t5-,7-/m0/s1. The van der Waals surface area contributed by atoms with Crippen LogP contribution in [0.2, 0.25) is 0 Å². The molecule has 0 heterocycles. The third kappa shape index (κ3) is 6.46. The average Bonchev–Trinajstić information content (AvgIpc) is 2.22. The number of rotatable bonds is 7. The molecule has 2 amide bonds. The normalized spacial score (nSPS) is 13.2. The second kappa shape index (κ2) is 7.25. The van der Waals surface area contributed by atoms with Gasteiger partial charge in [0.05, 0.1) is 0 Å². The molecule has 18 heavy (non-hydrogen) atoms. The van der Waals surface area contributed by atoms with Crippen LogP contribution in [0.25, 0.3) is 0 Å². The molecule has 0 aromatic carbocycles. The van der Waals surface area contributed by atoms with Gasteiger partial charge >= 0.3 is 11.9 Å². The van der Waals surface area contributed by atoms with Crippen molar-refractivity contribution in [1.29, 1.82) is 0 Å². The van der Waals surface area contributed by atoms with E-state index in [0.29, 0.717) is 0 Å². The molecule has 8 nitrogen and oxygen atoms in total. The Morgan fingerprint density at radius 3 is 2.00 bits per heavy atom. The monoisotopic (exact) mass is 260 g/mol. The van der Waals surface area contributed by atoms with Crippen LogP contribution in [-0.4, -0.2) is 46.0 Å². The Morgan fingerprint density at radius 2 is 1.61 bits per heavy atom. The highest BCUT2D eigenvalue weighted by molar-refractivity contribution is 5.85. The summed E-state index contributed by atoms with van der Waals surface area (Å²) in [5.41, 5.74) is 0. The molecule has 102 valence electrons. The van der Waals surface area contributed by atoms with Gasteiger partial charge in [-0.2, -0.15) is 0 Å². The minimum Gasteiger partial charge on any atom is -0.480 e. The van der Waals surface area contributed by atoms with Gasteiger partial charge in [-0.15, -0.1) is 0 Å². The fraction of sp³-hybridized carbons (Fsp3) is 0.600. The quantitative estimate of drug-likeness (QED) is 0.461. The zero-order chi connectivity index (χ0) is 14.3. The Kier molecular flexibility index (Phi) is 6.40. The first-order valence-electron chi connectivity index (χ1n) is 5.26. The summed E-state index contributed by atoms with van der Waals surface area (Å²) in [6.45, 7) is 2.46. The lowest BCUT2D eigenvalue weighted by molar-refractivity contribution is -0.143. The lowest BCUT2D eigenvalue weighted by Crippen LogP contribution is -2.42. The number of aliphatic carboxylic acids is 2. The zero-order valence-electron chi connectivity index (χ0n) is 10.1. The highest BCUT2D eigenvalue weighted by atomic mass is 16.4. The van der Waals surface area contributed by atoms with Gasteiger partial charge in [-0.1, -0.05) is 0 Å². The molecule has 0 aliphatic carbocycles. The van der Waals surface area contributed by atoms with Crippen LogP contribution in [-0.2, 0) is 19.2 Å². The van der Waals surface area contributed by atoms with Gasteiger partial charge in [0.1, 0.15) is 12.1 Å². The first-order chi connectivity index (χ1) is 8.23. The van der Waals surface area contributed by atoms with Crippen molar-refractivity contribution in [3.63, 3.8) is 0 Å². The van der Waals surface area contributed by atoms with E-state index in [-0.39, 0.29) is 12.8 Å². The molecule has 0 fully saturated rings. The third-order valence-electron chi connectivity index (χ3n) is 2.08. The molecule has 8 heteroatoms. The molecule has 0 aliphatic heterocycles. The van der Waals surface area contributed by atoms with Gasteiger partial charge in [0, 0.05) is 13.3 Å². The first kappa shape index (κ1) is 15.9. The Balaban J connectivity index is 4.19. The molecule has 0 radical (unpaired) electrons. The van der Waals surface area contributed by atoms with Gasteiger partial charge in [-0.3, -0.25) is 14.4 Å². The van der Waals surface area contributed by atoms with Crippen molar-refractivity contribution in [3.8, 4) is 0 Å². The fourth-order valence-electron chi connectivity index (χ4n) is 1.15. The topological polar surface area (TPSA) is 133 Å². The Labute approximate surface area is 103 Å². The van der Waals surface area contributed by atoms with E-state index in [1.165, 1.54) is 13.8 Å². The van der Waals surface area contributed by atoms with Crippen molar-refractivity contribution >= 4 is 23.8 Å². The molecule has 0 saturated carbocycles. The highest BCUT2D eigenvalue weighted by Crippen LogP contribution is 1.99. The minimum absolute atomic E-state index is 0.104. The second-order valence-electron chi connectivity index (χ2n) is 3.76. The van der Waals surface area contributed by atoms with Crippen molar-refractivity contribution in [3.05, 3.63) is 0 Å². The molecule has 0 rings (SSSR count). The maximum Gasteiger partial charge on any atom is 0.326 e. The van der Waals surface area contributed by atoms with Crippen LogP contribution in [0, 0.1) is 0 Å². The lowest BCUT2D eigenvalue weighted by Gasteiger charge is -2.14. The molecule has 0 spiro atoms. The lowest BCUT2D eigenvalue weighted by atomic mass is 10.1. The number of carboxylic acids is 2. The van der Waals surface area contributed by atoms with Gasteiger partial charge < -0.3 is 20.8 Å². The van der Waals surface area contributed by atoms with E-state index in [1.54, 1.807) is 0 Å². The van der Waals surface area contributed by atoms with Gasteiger partial charge in [0.15, 0.2) is 0 Å². The predicted molar refractivity (Wildman–Crippen MR) is 59.7 cm³/mol. The van der Waals surface area contributed by atoms with Crippen LogP contribution in [0.1, 0.15) is 26.7 Å². The molecular weight excluding hydrogens is 244 g/mol. The maximum absolute atomic E-state index is 11.3. The van der Waals surface area contributed by atoms with E-state index in [2.05, 4.69) is 10.6 Å². The molecule has 4 N–H and O–H groups in total. The number of nitrogens with one attached hydrogen (secondary N) is 2. The first-order valence-corrected chi connectivity index (χ1v) is 5.26. The van der Waals surface area contributed by atoms with Crippen LogP contribution >= 0.6 is 0 Å². The van der Waals surface area contributed by atoms with E-state index in [4.69, 9.17) is 10.2 Å². The van der Waals surface area contributed by atoms with Crippen molar-refractivity contribution in [1.82, 2.24) is 10.6 Å². The van der Waals surface area contributed by atoms with Gasteiger partial charge in [0.2, 0.25) is 11.8 Å². The third-order valence-corrected chi connectivity index (χ3v) is 2.08. The second-order valence-corrected chi connectivity index (χ2v) is 3.76. The molecule has 2 atom stereocenters. The van der Waals surface area contributed by atoms with Crippen LogP contribution in [0.15, 0.2) is 0 Å². The summed E-state index contributed by atoms with van der Waals surface area (Å²) in [4.78, 5) is 43.2. The van der Waals surface area contributed by atoms with Gasteiger partial charge in [-0.05, 0) is 13.3 Å². The number of hydrogen-bond donors (Lipinski definition) is 4. The largest absolute Gasteiger partial charge is 0.480 e. The van der Waals surface area contributed by atoms with Crippen LogP contribution in [0.3, 0.4) is 0 Å². The molecular formula is C10H16N2O6. The Hall–Kier alpha value is -2.12. The summed E-state index contributed by atoms with van der Waals surface area (Å²) < 4.78 is 0. The zero-order valence-corrected chi connectivity index (χ0v) is 10.1. The van der Waals surface area contributed by atoms with Crippen molar-refractivity contribution < 1.29 is 29.4 Å². The number of carbonyl (C=O) groups is 4. The summed E-state index contributed by atoms with van der Waals surface area (Å²) in [7, 11) is 0. The van der Waals surface area contributed by atoms with E-state index in [9.17, 15) is 19.2 Å². The Bertz CT molecular complexity index is 354. The minimum atomic E-state index is -1.25. The number of carbonyl (C=O) groups excluding carboxylic acids is 2. The molecule has 0 unspecified atom stereocenters. The smallest absolute Gasteiger partial charge is 0.326 e. The number of amides is 2. The molecule has 0 aromatic heterocycles. The molecule has 0 bridgehead atoms. The highest BCUT2D eigenvalue weighted by Gasteiger charge is 2.20. The number of hydrogen-bond acceptors (Lipinski definition) is 4. The summed E-state index contributed by atoms with van der Waals surface area (Å²) in [5.74, 6) is -3.52. The van der Waals surface area contributed by atoms with E-state index in [1.807, 2.05) is 0 Å². The van der Waals surface area contributed by atoms with Crippen molar-refractivity contribution in [2.45, 2.75) is 38.8 Å². The SMILES string of the molecule is CC(=O)N[C@@H](CCC(=O)N[C@@H](C)C(=O)O)C(=O)O. The van der Waals surface area contributed by atoms with E-state index in [0.717, 1.165) is 0 Å². The molecule has 0 aromatic rings. The molecule has 0 saturated heterocycles. The van der Waals surface area contributed by atoms with Gasteiger partial charge in [0.25, 0.3) is 0 Å².